The van der Waals surface area contributed by atoms with Crippen LogP contribution in [0.25, 0.3) is 0 Å². The van der Waals surface area contributed by atoms with Gasteiger partial charge in [-0.25, -0.2) is 0 Å². The normalized spacial score (nSPS) is 15.7. The predicted octanol–water partition coefficient (Wildman–Crippen LogP) is 2.34. The van der Waals surface area contributed by atoms with Gasteiger partial charge in [0.2, 0.25) is 0 Å². The summed E-state index contributed by atoms with van der Waals surface area (Å²) in [6.07, 6.45) is 10.9. The summed E-state index contributed by atoms with van der Waals surface area (Å²) in [6, 6.07) is 0. The van der Waals surface area contributed by atoms with E-state index < -0.39 is 0 Å². The molecule has 1 heterocycles. The Balaban J connectivity index is 1.90. The van der Waals surface area contributed by atoms with E-state index in [0.29, 0.717) is 0 Å². The third-order valence-corrected chi connectivity index (χ3v) is 2.19. The molecule has 0 aromatic carbocycles. The number of terminal acetylenes is 1. The maximum atomic E-state index is 5.30. The zero-order valence-electron chi connectivity index (χ0n) is 9.13. The summed E-state index contributed by atoms with van der Waals surface area (Å²) in [5.74, 6) is 8.89. The summed E-state index contributed by atoms with van der Waals surface area (Å²) in [7, 11) is 0. The molecular weight excluding hydrogens is 188 g/mol. The van der Waals surface area contributed by atoms with Crippen LogP contribution in [0.5, 0.6) is 0 Å². The van der Waals surface area contributed by atoms with E-state index in [9.17, 15) is 0 Å². The van der Waals surface area contributed by atoms with Crippen LogP contribution < -0.4 is 0 Å². The van der Waals surface area contributed by atoms with Crippen LogP contribution in [0.1, 0.15) is 38.5 Å². The second-order valence-corrected chi connectivity index (χ2v) is 3.47. The van der Waals surface area contributed by atoms with Gasteiger partial charge in [0.1, 0.15) is 0 Å². The SMILES string of the molecule is C#CCCCCC#CCCC1OCCO1. The minimum atomic E-state index is -0.0132. The first-order chi connectivity index (χ1) is 7.43. The predicted molar refractivity (Wildman–Crippen MR) is 60.0 cm³/mol. The van der Waals surface area contributed by atoms with Crippen molar-refractivity contribution < 1.29 is 9.47 Å². The summed E-state index contributed by atoms with van der Waals surface area (Å²) >= 11 is 0. The molecule has 1 rings (SSSR count). The molecule has 15 heavy (non-hydrogen) atoms. The summed E-state index contributed by atoms with van der Waals surface area (Å²) in [5, 5.41) is 0. The Morgan fingerprint density at radius 1 is 1.00 bits per heavy atom. The molecule has 0 aromatic rings. The van der Waals surface area contributed by atoms with Crippen molar-refractivity contribution in [3.63, 3.8) is 0 Å². The Hall–Kier alpha value is -0.960. The summed E-state index contributed by atoms with van der Waals surface area (Å²) in [4.78, 5) is 0. The Labute approximate surface area is 92.3 Å². The molecule has 0 amide bonds. The molecule has 82 valence electrons. The number of unbranched alkanes of at least 4 members (excludes halogenated alkanes) is 3. The van der Waals surface area contributed by atoms with Gasteiger partial charge < -0.3 is 9.47 Å². The number of hydrogen-bond acceptors (Lipinski definition) is 2. The second kappa shape index (κ2) is 8.36. The van der Waals surface area contributed by atoms with Crippen LogP contribution in [0.2, 0.25) is 0 Å². The van der Waals surface area contributed by atoms with Crippen LogP contribution >= 0.6 is 0 Å². The standard InChI is InChI=1S/C13H18O2/c1-2-3-4-5-6-7-8-9-10-13-14-11-12-15-13/h1,13H,3-6,9-12H2. The van der Waals surface area contributed by atoms with Crippen LogP contribution in [0, 0.1) is 24.2 Å². The lowest BCUT2D eigenvalue weighted by atomic mass is 10.2. The van der Waals surface area contributed by atoms with Gasteiger partial charge >= 0.3 is 0 Å². The van der Waals surface area contributed by atoms with Crippen molar-refractivity contribution in [3.8, 4) is 24.2 Å². The van der Waals surface area contributed by atoms with Crippen LogP contribution in [-0.4, -0.2) is 19.5 Å². The molecule has 1 aliphatic heterocycles. The third kappa shape index (κ3) is 6.18. The zero-order valence-corrected chi connectivity index (χ0v) is 9.13. The van der Waals surface area contributed by atoms with Gasteiger partial charge in [-0.15, -0.1) is 24.2 Å². The average Bonchev–Trinajstić information content (AvgIpc) is 2.75. The van der Waals surface area contributed by atoms with Crippen molar-refractivity contribution in [1.29, 1.82) is 0 Å². The molecule has 0 radical (unpaired) electrons. The number of hydrogen-bond donors (Lipinski definition) is 0. The lowest BCUT2D eigenvalue weighted by Crippen LogP contribution is -2.05. The van der Waals surface area contributed by atoms with Crippen molar-refractivity contribution in [3.05, 3.63) is 0 Å². The van der Waals surface area contributed by atoms with E-state index in [0.717, 1.165) is 51.7 Å². The molecule has 0 N–H and O–H groups in total. The Morgan fingerprint density at radius 2 is 1.67 bits per heavy atom. The molecule has 0 aliphatic carbocycles. The van der Waals surface area contributed by atoms with Gasteiger partial charge in [-0.2, -0.15) is 0 Å². The molecule has 1 aliphatic rings. The van der Waals surface area contributed by atoms with E-state index in [1.54, 1.807) is 0 Å². The van der Waals surface area contributed by atoms with Crippen molar-refractivity contribution >= 4 is 0 Å². The fourth-order valence-electron chi connectivity index (χ4n) is 1.38. The van der Waals surface area contributed by atoms with Crippen LogP contribution in [0.3, 0.4) is 0 Å². The van der Waals surface area contributed by atoms with E-state index in [-0.39, 0.29) is 6.29 Å². The number of ether oxygens (including phenoxy) is 2. The summed E-state index contributed by atoms with van der Waals surface area (Å²) < 4.78 is 10.6. The summed E-state index contributed by atoms with van der Waals surface area (Å²) in [5.41, 5.74) is 0. The molecule has 0 unspecified atom stereocenters. The topological polar surface area (TPSA) is 18.5 Å². The minimum Gasteiger partial charge on any atom is -0.350 e. The fourth-order valence-corrected chi connectivity index (χ4v) is 1.38. The highest BCUT2D eigenvalue weighted by Crippen LogP contribution is 2.09. The Kier molecular flexibility index (Phi) is 6.75. The maximum Gasteiger partial charge on any atom is 0.158 e. The third-order valence-electron chi connectivity index (χ3n) is 2.19. The highest BCUT2D eigenvalue weighted by molar-refractivity contribution is 4.99. The van der Waals surface area contributed by atoms with Crippen LogP contribution in [0.15, 0.2) is 0 Å². The lowest BCUT2D eigenvalue weighted by molar-refractivity contribution is -0.0454. The summed E-state index contributed by atoms with van der Waals surface area (Å²) in [6.45, 7) is 1.45. The lowest BCUT2D eigenvalue weighted by Gasteiger charge is -2.04. The van der Waals surface area contributed by atoms with E-state index in [1.165, 1.54) is 0 Å². The van der Waals surface area contributed by atoms with Gasteiger partial charge in [0, 0.05) is 25.7 Å². The van der Waals surface area contributed by atoms with Gasteiger partial charge in [-0.05, 0) is 12.8 Å². The average molecular weight is 206 g/mol. The van der Waals surface area contributed by atoms with Gasteiger partial charge in [0.25, 0.3) is 0 Å². The van der Waals surface area contributed by atoms with E-state index in [2.05, 4.69) is 17.8 Å². The zero-order chi connectivity index (χ0) is 10.8. The van der Waals surface area contributed by atoms with Crippen molar-refractivity contribution in [2.45, 2.75) is 44.8 Å². The van der Waals surface area contributed by atoms with E-state index >= 15 is 0 Å². The van der Waals surface area contributed by atoms with E-state index in [1.807, 2.05) is 0 Å². The minimum absolute atomic E-state index is 0.0132. The van der Waals surface area contributed by atoms with Crippen molar-refractivity contribution in [1.82, 2.24) is 0 Å². The number of rotatable bonds is 5. The quantitative estimate of drug-likeness (QED) is 0.508. The van der Waals surface area contributed by atoms with E-state index in [4.69, 9.17) is 15.9 Å². The molecule has 0 saturated carbocycles. The van der Waals surface area contributed by atoms with Crippen molar-refractivity contribution in [2.24, 2.45) is 0 Å². The fraction of sp³-hybridized carbons (Fsp3) is 0.692. The van der Waals surface area contributed by atoms with Crippen LogP contribution in [0.4, 0.5) is 0 Å². The first-order valence-electron chi connectivity index (χ1n) is 5.56. The Morgan fingerprint density at radius 3 is 2.40 bits per heavy atom. The second-order valence-electron chi connectivity index (χ2n) is 3.47. The molecule has 2 heteroatoms. The van der Waals surface area contributed by atoms with Gasteiger partial charge in [-0.1, -0.05) is 0 Å². The molecule has 0 spiro atoms. The maximum absolute atomic E-state index is 5.30. The smallest absolute Gasteiger partial charge is 0.158 e. The molecule has 0 aromatic heterocycles. The van der Waals surface area contributed by atoms with Gasteiger partial charge in [0.15, 0.2) is 6.29 Å². The molecule has 1 saturated heterocycles. The molecule has 0 bridgehead atoms. The largest absolute Gasteiger partial charge is 0.350 e. The Bertz CT molecular complexity index is 248. The van der Waals surface area contributed by atoms with Crippen molar-refractivity contribution in [2.75, 3.05) is 13.2 Å². The first kappa shape index (κ1) is 12.1. The molecule has 1 fully saturated rings. The monoisotopic (exact) mass is 206 g/mol. The molecule has 2 nitrogen and oxygen atoms in total. The van der Waals surface area contributed by atoms with Crippen LogP contribution in [-0.2, 0) is 9.47 Å². The molecule has 0 atom stereocenters. The highest BCUT2D eigenvalue weighted by Gasteiger charge is 2.13. The first-order valence-corrected chi connectivity index (χ1v) is 5.56. The van der Waals surface area contributed by atoms with Gasteiger partial charge in [-0.3, -0.25) is 0 Å². The van der Waals surface area contributed by atoms with Gasteiger partial charge in [0.05, 0.1) is 13.2 Å². The molecular formula is C13H18O2. The highest BCUT2D eigenvalue weighted by atomic mass is 16.7.